The molecule has 0 radical (unpaired) electrons. The van der Waals surface area contributed by atoms with E-state index in [0.29, 0.717) is 6.07 Å². The van der Waals surface area contributed by atoms with Gasteiger partial charge in [-0.05, 0) is 18.6 Å². The summed E-state index contributed by atoms with van der Waals surface area (Å²) in [6.45, 7) is 0. The molecule has 1 atom stereocenters. The van der Waals surface area contributed by atoms with Gasteiger partial charge in [-0.25, -0.2) is 18.4 Å². The molecule has 25 heavy (non-hydrogen) atoms. The molecule has 3 rings (SSSR count). The number of imidazole rings is 1. The zero-order valence-electron chi connectivity index (χ0n) is 12.7. The van der Waals surface area contributed by atoms with Crippen molar-refractivity contribution in [3.05, 3.63) is 42.1 Å². The maximum absolute atomic E-state index is 13.1. The summed E-state index contributed by atoms with van der Waals surface area (Å²) in [4.78, 5) is 19.9. The Kier molecular flexibility index (Phi) is 4.27. The normalized spacial score (nSPS) is 19.7. The number of amides is 1. The number of sulfone groups is 1. The molecular formula is C14H13F3N4O3S. The molecular weight excluding hydrogens is 361 g/mol. The molecule has 134 valence electrons. The number of alkyl halides is 3. The van der Waals surface area contributed by atoms with Crippen molar-refractivity contribution in [2.75, 3.05) is 11.5 Å². The Hall–Kier alpha value is -2.43. The number of halogens is 3. The highest BCUT2D eigenvalue weighted by molar-refractivity contribution is 7.91. The molecule has 0 aliphatic carbocycles. The minimum atomic E-state index is -4.66. The van der Waals surface area contributed by atoms with E-state index in [9.17, 15) is 26.4 Å². The van der Waals surface area contributed by atoms with Crippen LogP contribution < -0.4 is 5.32 Å². The first-order chi connectivity index (χ1) is 11.6. The number of hydrogen-bond donors (Lipinski definition) is 1. The number of hydrogen-bond acceptors (Lipinski definition) is 5. The van der Waals surface area contributed by atoms with Crippen molar-refractivity contribution in [3.8, 4) is 5.82 Å². The first-order valence-electron chi connectivity index (χ1n) is 7.23. The lowest BCUT2D eigenvalue weighted by Crippen LogP contribution is -2.36. The predicted molar refractivity (Wildman–Crippen MR) is 80.9 cm³/mol. The highest BCUT2D eigenvalue weighted by atomic mass is 32.2. The minimum absolute atomic E-state index is 0.0613. The summed E-state index contributed by atoms with van der Waals surface area (Å²) in [5.74, 6) is -1.26. The Morgan fingerprint density at radius 1 is 1.32 bits per heavy atom. The van der Waals surface area contributed by atoms with Crippen LogP contribution in [0.5, 0.6) is 0 Å². The molecule has 1 amide bonds. The van der Waals surface area contributed by atoms with E-state index in [2.05, 4.69) is 15.3 Å². The number of rotatable bonds is 3. The van der Waals surface area contributed by atoms with Gasteiger partial charge < -0.3 is 5.32 Å². The molecule has 1 N–H and O–H groups in total. The lowest BCUT2D eigenvalue weighted by Gasteiger charge is -2.14. The fraction of sp³-hybridized carbons (Fsp3) is 0.357. The maximum atomic E-state index is 13.1. The third-order valence-electron chi connectivity index (χ3n) is 3.71. The van der Waals surface area contributed by atoms with Gasteiger partial charge in [-0.2, -0.15) is 13.2 Å². The van der Waals surface area contributed by atoms with Gasteiger partial charge in [0.05, 0.1) is 17.1 Å². The highest BCUT2D eigenvalue weighted by Gasteiger charge is 2.34. The third kappa shape index (κ3) is 3.98. The Balaban J connectivity index is 1.92. The largest absolute Gasteiger partial charge is 0.416 e. The summed E-state index contributed by atoms with van der Waals surface area (Å²) in [6, 6.07) is 0.808. The van der Waals surface area contributed by atoms with Crippen LogP contribution in [0.2, 0.25) is 0 Å². The Morgan fingerprint density at radius 2 is 2.08 bits per heavy atom. The van der Waals surface area contributed by atoms with Crippen LogP contribution in [0.25, 0.3) is 5.82 Å². The maximum Gasteiger partial charge on any atom is 0.416 e. The standard InChI is InChI=1S/C14H13F3N4O3S/c15-14(16,17)9-5-11(20-12(6-9)21-3-2-18-8-21)13(22)19-10-1-4-25(23,24)7-10/h2-3,5-6,8,10H,1,4,7H2,(H,19,22)/t10-/m1/s1. The second-order valence-corrected chi connectivity index (χ2v) is 7.87. The fourth-order valence-corrected chi connectivity index (χ4v) is 4.16. The van der Waals surface area contributed by atoms with Gasteiger partial charge in [-0.3, -0.25) is 9.36 Å². The van der Waals surface area contributed by atoms with Crippen LogP contribution in [-0.2, 0) is 16.0 Å². The van der Waals surface area contributed by atoms with Crippen molar-refractivity contribution in [1.82, 2.24) is 19.9 Å². The number of aromatic nitrogens is 3. The van der Waals surface area contributed by atoms with Crippen molar-refractivity contribution in [1.29, 1.82) is 0 Å². The summed E-state index contributed by atoms with van der Waals surface area (Å²) in [5.41, 5.74) is -1.47. The second kappa shape index (κ2) is 6.14. The van der Waals surface area contributed by atoms with Crippen LogP contribution in [-0.4, -0.2) is 46.4 Å². The van der Waals surface area contributed by atoms with Gasteiger partial charge in [0.15, 0.2) is 9.84 Å². The molecule has 1 saturated heterocycles. The second-order valence-electron chi connectivity index (χ2n) is 5.64. The smallest absolute Gasteiger partial charge is 0.347 e. The fourth-order valence-electron chi connectivity index (χ4n) is 2.49. The molecule has 2 aromatic rings. The van der Waals surface area contributed by atoms with E-state index in [1.165, 1.54) is 23.3 Å². The van der Waals surface area contributed by atoms with Crippen LogP contribution in [0.4, 0.5) is 13.2 Å². The van der Waals surface area contributed by atoms with Crippen LogP contribution in [0.3, 0.4) is 0 Å². The van der Waals surface area contributed by atoms with Crippen LogP contribution in [0, 0.1) is 0 Å². The number of nitrogens with one attached hydrogen (secondary N) is 1. The number of nitrogens with zero attached hydrogens (tertiary/aromatic N) is 3. The van der Waals surface area contributed by atoms with E-state index in [0.717, 1.165) is 6.07 Å². The quantitative estimate of drug-likeness (QED) is 0.871. The average Bonchev–Trinajstić information content (AvgIpc) is 3.15. The Labute approximate surface area is 140 Å². The van der Waals surface area contributed by atoms with Crippen molar-refractivity contribution in [3.63, 3.8) is 0 Å². The van der Waals surface area contributed by atoms with Gasteiger partial charge in [0.1, 0.15) is 17.8 Å². The topological polar surface area (TPSA) is 94.0 Å². The van der Waals surface area contributed by atoms with Gasteiger partial charge in [0.2, 0.25) is 0 Å². The van der Waals surface area contributed by atoms with Crippen molar-refractivity contribution >= 4 is 15.7 Å². The predicted octanol–water partition coefficient (Wildman–Crippen LogP) is 1.20. The molecule has 0 spiro atoms. The van der Waals surface area contributed by atoms with Crippen LogP contribution >= 0.6 is 0 Å². The van der Waals surface area contributed by atoms with Gasteiger partial charge in [0.25, 0.3) is 5.91 Å². The Morgan fingerprint density at radius 3 is 2.64 bits per heavy atom. The minimum Gasteiger partial charge on any atom is -0.347 e. The van der Waals surface area contributed by atoms with E-state index in [4.69, 9.17) is 0 Å². The summed E-state index contributed by atoms with van der Waals surface area (Å²) >= 11 is 0. The zero-order valence-corrected chi connectivity index (χ0v) is 13.5. The van der Waals surface area contributed by atoms with E-state index in [1.807, 2.05) is 0 Å². The molecule has 0 bridgehead atoms. The summed E-state index contributed by atoms with van der Waals surface area (Å²) in [6.07, 6.45) is -0.419. The molecule has 0 saturated carbocycles. The molecule has 1 fully saturated rings. The number of carbonyl (C=O) groups excluding carboxylic acids is 1. The lowest BCUT2D eigenvalue weighted by atomic mass is 10.2. The molecule has 11 heteroatoms. The average molecular weight is 374 g/mol. The van der Waals surface area contributed by atoms with Gasteiger partial charge in [0, 0.05) is 18.4 Å². The molecule has 0 unspecified atom stereocenters. The van der Waals surface area contributed by atoms with Gasteiger partial charge in [-0.15, -0.1) is 0 Å². The van der Waals surface area contributed by atoms with Crippen molar-refractivity contribution in [2.45, 2.75) is 18.6 Å². The molecule has 2 aromatic heterocycles. The van der Waals surface area contributed by atoms with Gasteiger partial charge in [-0.1, -0.05) is 0 Å². The zero-order chi connectivity index (χ0) is 18.2. The Bertz CT molecular complexity index is 895. The molecule has 1 aliphatic heterocycles. The number of pyridine rings is 1. The number of carbonyl (C=O) groups is 1. The van der Waals surface area contributed by atoms with E-state index in [-0.39, 0.29) is 23.7 Å². The van der Waals surface area contributed by atoms with Crippen LogP contribution in [0.15, 0.2) is 30.9 Å². The van der Waals surface area contributed by atoms with Crippen LogP contribution in [0.1, 0.15) is 22.5 Å². The van der Waals surface area contributed by atoms with Crippen molar-refractivity contribution in [2.24, 2.45) is 0 Å². The third-order valence-corrected chi connectivity index (χ3v) is 5.48. The first-order valence-corrected chi connectivity index (χ1v) is 9.05. The molecule has 7 nitrogen and oxygen atoms in total. The molecule has 0 aromatic carbocycles. The summed E-state index contributed by atoms with van der Waals surface area (Å²) in [7, 11) is -3.23. The molecule has 3 heterocycles. The molecule has 1 aliphatic rings. The van der Waals surface area contributed by atoms with Gasteiger partial charge >= 0.3 is 6.18 Å². The van der Waals surface area contributed by atoms with E-state index < -0.39 is 39.2 Å². The highest BCUT2D eigenvalue weighted by Crippen LogP contribution is 2.30. The monoisotopic (exact) mass is 374 g/mol. The van der Waals surface area contributed by atoms with Crippen molar-refractivity contribution < 1.29 is 26.4 Å². The summed E-state index contributed by atoms with van der Waals surface area (Å²) < 4.78 is 63.4. The van der Waals surface area contributed by atoms with E-state index >= 15 is 0 Å². The SMILES string of the molecule is O=C(N[C@@H]1CCS(=O)(=O)C1)c1cc(C(F)(F)F)cc(-n2ccnc2)n1. The summed E-state index contributed by atoms with van der Waals surface area (Å²) in [5, 5.41) is 2.43. The van der Waals surface area contributed by atoms with E-state index in [1.54, 1.807) is 0 Å². The first kappa shape index (κ1) is 17.4. The lowest BCUT2D eigenvalue weighted by molar-refractivity contribution is -0.137.